The summed E-state index contributed by atoms with van der Waals surface area (Å²) in [6, 6.07) is 4.08. The van der Waals surface area contributed by atoms with Gasteiger partial charge < -0.3 is 15.2 Å². The Labute approximate surface area is 122 Å². The average Bonchev–Trinajstić information content (AvgIpc) is 2.37. The number of nitrogens with one attached hydrogen (secondary N) is 1. The van der Waals surface area contributed by atoms with Crippen LogP contribution in [-0.2, 0) is 19.6 Å². The molecule has 0 saturated carbocycles. The normalized spacial score (nSPS) is 11.2. The molecule has 0 aliphatic rings. The number of anilines is 1. The molecule has 1 aromatic carbocycles. The topological polar surface area (TPSA) is 113 Å². The average molecular weight is 316 g/mol. The second kappa shape index (κ2) is 6.55. The van der Waals surface area contributed by atoms with Gasteiger partial charge in [-0.15, -0.1) is 0 Å². The maximum atomic E-state index is 12.4. The minimum atomic E-state index is -4.06. The van der Waals surface area contributed by atoms with Crippen LogP contribution in [0, 0.1) is 0 Å². The number of benzene rings is 1. The number of hydrogen-bond acceptors (Lipinski definition) is 5. The van der Waals surface area contributed by atoms with Gasteiger partial charge in [0.05, 0.1) is 7.11 Å². The van der Waals surface area contributed by atoms with Crippen LogP contribution in [0.1, 0.15) is 6.92 Å². The van der Waals surface area contributed by atoms with E-state index in [0.29, 0.717) is 4.31 Å². The molecule has 0 aliphatic heterocycles. The zero-order chi connectivity index (χ0) is 16.2. The molecule has 21 heavy (non-hydrogen) atoms. The predicted molar refractivity (Wildman–Crippen MR) is 74.7 cm³/mol. The van der Waals surface area contributed by atoms with Crippen LogP contribution in [0.15, 0.2) is 23.1 Å². The summed E-state index contributed by atoms with van der Waals surface area (Å²) in [5.41, 5.74) is 0.269. The summed E-state index contributed by atoms with van der Waals surface area (Å²) in [4.78, 5) is 21.5. The van der Waals surface area contributed by atoms with Gasteiger partial charge in [-0.05, 0) is 18.2 Å². The Hall–Kier alpha value is -2.13. The first-order valence-electron chi connectivity index (χ1n) is 5.82. The van der Waals surface area contributed by atoms with Crippen molar-refractivity contribution in [3.63, 3.8) is 0 Å². The summed E-state index contributed by atoms with van der Waals surface area (Å²) in [6.45, 7) is 0.602. The quantitative estimate of drug-likeness (QED) is 0.783. The van der Waals surface area contributed by atoms with Gasteiger partial charge in [-0.3, -0.25) is 9.59 Å². The number of nitrogens with zero attached hydrogens (tertiary/aromatic N) is 1. The van der Waals surface area contributed by atoms with Gasteiger partial charge in [0.1, 0.15) is 17.2 Å². The zero-order valence-corrected chi connectivity index (χ0v) is 12.6. The number of sulfonamides is 1. The van der Waals surface area contributed by atoms with Crippen molar-refractivity contribution in [1.29, 1.82) is 0 Å². The lowest BCUT2D eigenvalue weighted by molar-refractivity contribution is -0.137. The first kappa shape index (κ1) is 16.9. The van der Waals surface area contributed by atoms with E-state index in [2.05, 4.69) is 5.32 Å². The fourth-order valence-corrected chi connectivity index (χ4v) is 2.90. The predicted octanol–water partition coefficient (Wildman–Crippen LogP) is 0.359. The number of rotatable bonds is 6. The monoisotopic (exact) mass is 316 g/mol. The molecule has 0 unspecified atom stereocenters. The molecule has 0 saturated heterocycles. The lowest BCUT2D eigenvalue weighted by atomic mass is 10.3. The Balaban J connectivity index is 3.31. The third-order valence-electron chi connectivity index (χ3n) is 2.53. The standard InChI is InChI=1S/C12H16N2O6S/c1-8(15)13-9-4-5-10(20-3)11(6-9)21(18,19)14(2)7-12(16)17/h4-6H,7H2,1-3H3,(H,13,15)(H,16,17). The van der Waals surface area contributed by atoms with Crippen molar-refractivity contribution in [2.24, 2.45) is 0 Å². The van der Waals surface area contributed by atoms with Crippen molar-refractivity contribution >= 4 is 27.6 Å². The highest BCUT2D eigenvalue weighted by atomic mass is 32.2. The number of carbonyl (C=O) groups is 2. The molecule has 0 fully saturated rings. The molecule has 0 aliphatic carbocycles. The van der Waals surface area contributed by atoms with E-state index in [4.69, 9.17) is 9.84 Å². The lowest BCUT2D eigenvalue weighted by Gasteiger charge is -2.17. The van der Waals surface area contributed by atoms with Crippen LogP contribution in [0.2, 0.25) is 0 Å². The van der Waals surface area contributed by atoms with Gasteiger partial charge in [-0.25, -0.2) is 8.42 Å². The molecule has 0 radical (unpaired) electrons. The molecular weight excluding hydrogens is 300 g/mol. The molecule has 0 bridgehead atoms. The molecule has 8 nitrogen and oxygen atoms in total. The number of aliphatic carboxylic acids is 1. The van der Waals surface area contributed by atoms with Crippen molar-refractivity contribution in [1.82, 2.24) is 4.31 Å². The molecule has 1 amide bonds. The van der Waals surface area contributed by atoms with Crippen molar-refractivity contribution < 1.29 is 27.9 Å². The van der Waals surface area contributed by atoms with Gasteiger partial charge in [-0.1, -0.05) is 0 Å². The van der Waals surface area contributed by atoms with E-state index in [-0.39, 0.29) is 22.2 Å². The number of hydrogen-bond donors (Lipinski definition) is 2. The number of methoxy groups -OCH3 is 1. The molecule has 0 spiro atoms. The number of amides is 1. The van der Waals surface area contributed by atoms with Gasteiger partial charge in [0, 0.05) is 19.7 Å². The van der Waals surface area contributed by atoms with Crippen molar-refractivity contribution in [2.45, 2.75) is 11.8 Å². The molecule has 1 aromatic rings. The van der Waals surface area contributed by atoms with E-state index in [0.717, 1.165) is 7.05 Å². The second-order valence-corrected chi connectivity index (χ2v) is 6.21. The van der Waals surface area contributed by atoms with Gasteiger partial charge >= 0.3 is 5.97 Å². The Morgan fingerprint density at radius 1 is 1.38 bits per heavy atom. The third-order valence-corrected chi connectivity index (χ3v) is 4.35. The number of likely N-dealkylation sites (N-methyl/N-ethyl adjacent to an activating group) is 1. The maximum absolute atomic E-state index is 12.4. The molecule has 0 heterocycles. The summed E-state index contributed by atoms with van der Waals surface area (Å²) >= 11 is 0. The summed E-state index contributed by atoms with van der Waals surface area (Å²) in [7, 11) is -1.62. The third kappa shape index (κ3) is 4.17. The minimum absolute atomic E-state index is 0.0568. The Morgan fingerprint density at radius 3 is 2.48 bits per heavy atom. The van der Waals surface area contributed by atoms with E-state index in [1.807, 2.05) is 0 Å². The number of carboxylic acid groups (broad SMARTS) is 1. The summed E-state index contributed by atoms with van der Waals surface area (Å²) < 4.78 is 30.4. The van der Waals surface area contributed by atoms with E-state index in [1.165, 1.54) is 32.2 Å². The summed E-state index contributed by atoms with van der Waals surface area (Å²) in [5, 5.41) is 11.2. The van der Waals surface area contributed by atoms with E-state index >= 15 is 0 Å². The fraction of sp³-hybridized carbons (Fsp3) is 0.333. The van der Waals surface area contributed by atoms with Gasteiger partial charge in [0.15, 0.2) is 0 Å². The highest BCUT2D eigenvalue weighted by molar-refractivity contribution is 7.89. The van der Waals surface area contributed by atoms with Gasteiger partial charge in [-0.2, -0.15) is 4.31 Å². The van der Waals surface area contributed by atoms with E-state index < -0.39 is 22.5 Å². The Bertz CT molecular complexity index is 656. The molecule has 9 heteroatoms. The second-order valence-electron chi connectivity index (χ2n) is 4.20. The molecular formula is C12H16N2O6S. The van der Waals surface area contributed by atoms with E-state index in [1.54, 1.807) is 0 Å². The number of carboxylic acids is 1. The Kier molecular flexibility index (Phi) is 5.28. The Morgan fingerprint density at radius 2 is 2.00 bits per heavy atom. The van der Waals surface area contributed by atoms with Crippen LogP contribution < -0.4 is 10.1 Å². The van der Waals surface area contributed by atoms with Crippen LogP contribution in [0.4, 0.5) is 5.69 Å². The SMILES string of the molecule is COc1ccc(NC(C)=O)cc1S(=O)(=O)N(C)CC(=O)O. The highest BCUT2D eigenvalue weighted by Gasteiger charge is 2.26. The molecule has 0 aromatic heterocycles. The van der Waals surface area contributed by atoms with Gasteiger partial charge in [0.2, 0.25) is 15.9 Å². The maximum Gasteiger partial charge on any atom is 0.318 e. The molecule has 116 valence electrons. The van der Waals surface area contributed by atoms with Crippen LogP contribution >= 0.6 is 0 Å². The fourth-order valence-electron chi connectivity index (χ4n) is 1.60. The van der Waals surface area contributed by atoms with Crippen molar-refractivity contribution in [3.05, 3.63) is 18.2 Å². The molecule has 2 N–H and O–H groups in total. The highest BCUT2D eigenvalue weighted by Crippen LogP contribution is 2.29. The van der Waals surface area contributed by atoms with E-state index in [9.17, 15) is 18.0 Å². The van der Waals surface area contributed by atoms with Crippen LogP contribution in [0.3, 0.4) is 0 Å². The molecule has 1 rings (SSSR count). The molecule has 0 atom stereocenters. The van der Waals surface area contributed by atoms with Gasteiger partial charge in [0.25, 0.3) is 0 Å². The smallest absolute Gasteiger partial charge is 0.318 e. The zero-order valence-electron chi connectivity index (χ0n) is 11.8. The number of carbonyl (C=O) groups excluding carboxylic acids is 1. The first-order valence-corrected chi connectivity index (χ1v) is 7.26. The first-order chi connectivity index (χ1) is 9.68. The number of ether oxygens (including phenoxy) is 1. The summed E-state index contributed by atoms with van der Waals surface area (Å²) in [5.74, 6) is -1.58. The van der Waals surface area contributed by atoms with Crippen LogP contribution in [-0.4, -0.2) is 50.4 Å². The van der Waals surface area contributed by atoms with Crippen LogP contribution in [0.5, 0.6) is 5.75 Å². The minimum Gasteiger partial charge on any atom is -0.495 e. The van der Waals surface area contributed by atoms with Crippen LogP contribution in [0.25, 0.3) is 0 Å². The lowest BCUT2D eigenvalue weighted by Crippen LogP contribution is -2.32. The summed E-state index contributed by atoms with van der Waals surface area (Å²) in [6.07, 6.45) is 0. The van der Waals surface area contributed by atoms with Crippen molar-refractivity contribution in [3.8, 4) is 5.75 Å². The van der Waals surface area contributed by atoms with Crippen molar-refractivity contribution in [2.75, 3.05) is 26.0 Å². The largest absolute Gasteiger partial charge is 0.495 e.